The van der Waals surface area contributed by atoms with Crippen LogP contribution in [0.15, 0.2) is 84.9 Å². The van der Waals surface area contributed by atoms with Crippen molar-refractivity contribution >= 4 is 11.8 Å². The summed E-state index contributed by atoms with van der Waals surface area (Å²) in [6, 6.07) is 26.4. The van der Waals surface area contributed by atoms with E-state index in [0.29, 0.717) is 18.7 Å². The fourth-order valence-corrected chi connectivity index (χ4v) is 3.65. The van der Waals surface area contributed by atoms with Crippen molar-refractivity contribution in [3.05, 3.63) is 102 Å². The van der Waals surface area contributed by atoms with E-state index in [0.717, 1.165) is 16.7 Å². The predicted octanol–water partition coefficient (Wildman–Crippen LogP) is 4.54. The number of benzene rings is 3. The summed E-state index contributed by atoms with van der Waals surface area (Å²) in [6.45, 7) is 5.99. The van der Waals surface area contributed by atoms with Gasteiger partial charge in [0.25, 0.3) is 5.91 Å². The molecular weight excluding hydrogens is 412 g/mol. The summed E-state index contributed by atoms with van der Waals surface area (Å²) in [6.07, 6.45) is 0.419. The monoisotopic (exact) mass is 444 g/mol. The number of aryl methyl sites for hydroxylation is 1. The predicted molar refractivity (Wildman–Crippen MR) is 131 cm³/mol. The lowest BCUT2D eigenvalue weighted by Crippen LogP contribution is -2.52. The first-order valence-electron chi connectivity index (χ1n) is 11.3. The maximum absolute atomic E-state index is 13.4. The number of carbonyl (C=O) groups excluding carboxylic acids is 2. The maximum atomic E-state index is 13.4. The van der Waals surface area contributed by atoms with Crippen LogP contribution in [0.1, 0.15) is 30.5 Å². The van der Waals surface area contributed by atoms with Gasteiger partial charge in [-0.1, -0.05) is 72.8 Å². The van der Waals surface area contributed by atoms with E-state index in [9.17, 15) is 9.59 Å². The lowest BCUT2D eigenvalue weighted by Gasteiger charge is -2.32. The van der Waals surface area contributed by atoms with Crippen molar-refractivity contribution in [2.24, 2.45) is 0 Å². The van der Waals surface area contributed by atoms with Crippen molar-refractivity contribution < 1.29 is 14.3 Å². The minimum absolute atomic E-state index is 0.0343. The molecule has 5 heteroatoms. The van der Waals surface area contributed by atoms with Crippen molar-refractivity contribution in [1.29, 1.82) is 0 Å². The highest BCUT2D eigenvalue weighted by atomic mass is 16.5. The van der Waals surface area contributed by atoms with Crippen molar-refractivity contribution in [3.8, 4) is 5.75 Å². The molecule has 0 saturated heterocycles. The van der Waals surface area contributed by atoms with Crippen LogP contribution >= 0.6 is 0 Å². The molecule has 2 amide bonds. The van der Waals surface area contributed by atoms with E-state index < -0.39 is 6.04 Å². The van der Waals surface area contributed by atoms with Crippen LogP contribution in [0, 0.1) is 6.92 Å². The maximum Gasteiger partial charge on any atom is 0.261 e. The van der Waals surface area contributed by atoms with E-state index in [1.54, 1.807) is 4.90 Å². The van der Waals surface area contributed by atoms with Crippen LogP contribution in [-0.4, -0.2) is 35.4 Å². The van der Waals surface area contributed by atoms with Gasteiger partial charge in [-0.2, -0.15) is 0 Å². The number of nitrogens with zero attached hydrogens (tertiary/aromatic N) is 1. The summed E-state index contributed by atoms with van der Waals surface area (Å²) in [7, 11) is 0. The Kier molecular flexibility index (Phi) is 8.64. The topological polar surface area (TPSA) is 58.6 Å². The number of ether oxygens (including phenoxy) is 1. The van der Waals surface area contributed by atoms with Gasteiger partial charge in [0.15, 0.2) is 6.61 Å². The van der Waals surface area contributed by atoms with Gasteiger partial charge in [0.05, 0.1) is 0 Å². The fourth-order valence-electron chi connectivity index (χ4n) is 3.65. The highest BCUT2D eigenvalue weighted by Gasteiger charge is 2.31. The van der Waals surface area contributed by atoms with Crippen LogP contribution in [0.3, 0.4) is 0 Å². The van der Waals surface area contributed by atoms with E-state index in [2.05, 4.69) is 5.32 Å². The Hall–Kier alpha value is -3.60. The second-order valence-corrected chi connectivity index (χ2v) is 8.48. The number of hydrogen-bond acceptors (Lipinski definition) is 3. The zero-order valence-corrected chi connectivity index (χ0v) is 19.5. The standard InChI is InChI=1S/C28H32N2O3/c1-21(2)29-28(32)26(18-23-12-6-4-7-13-23)30(19-24-14-8-5-9-15-24)27(31)20-33-25-16-10-11-22(3)17-25/h4-17,21,26H,18-20H2,1-3H3,(H,29,32)/t26-/m1/s1. The average Bonchev–Trinajstić information content (AvgIpc) is 2.80. The third kappa shape index (κ3) is 7.49. The smallest absolute Gasteiger partial charge is 0.261 e. The van der Waals surface area contributed by atoms with Gasteiger partial charge in [0.1, 0.15) is 11.8 Å². The van der Waals surface area contributed by atoms with Crippen LogP contribution in [0.5, 0.6) is 5.75 Å². The molecule has 33 heavy (non-hydrogen) atoms. The normalized spacial score (nSPS) is 11.6. The molecule has 0 aliphatic rings. The summed E-state index contributed by atoms with van der Waals surface area (Å²) in [4.78, 5) is 28.4. The Morgan fingerprint density at radius 3 is 2.12 bits per heavy atom. The number of carbonyl (C=O) groups is 2. The SMILES string of the molecule is Cc1cccc(OCC(=O)N(Cc2ccccc2)[C@H](Cc2ccccc2)C(=O)NC(C)C)c1. The summed E-state index contributed by atoms with van der Waals surface area (Å²) < 4.78 is 5.81. The van der Waals surface area contributed by atoms with E-state index in [1.807, 2.05) is 106 Å². The molecule has 3 aromatic carbocycles. The van der Waals surface area contributed by atoms with E-state index in [1.165, 1.54) is 0 Å². The van der Waals surface area contributed by atoms with Crippen LogP contribution in [-0.2, 0) is 22.6 Å². The van der Waals surface area contributed by atoms with Gasteiger partial charge in [-0.3, -0.25) is 9.59 Å². The second kappa shape index (κ2) is 11.9. The fraction of sp³-hybridized carbons (Fsp3) is 0.286. The Morgan fingerprint density at radius 2 is 1.52 bits per heavy atom. The molecule has 3 rings (SSSR count). The van der Waals surface area contributed by atoms with Gasteiger partial charge >= 0.3 is 0 Å². The molecule has 0 aliphatic heterocycles. The van der Waals surface area contributed by atoms with Crippen LogP contribution in [0.2, 0.25) is 0 Å². The molecule has 0 unspecified atom stereocenters. The Labute approximate surface area is 196 Å². The third-order valence-corrected chi connectivity index (χ3v) is 5.25. The molecule has 0 spiro atoms. The molecule has 0 aliphatic carbocycles. The van der Waals surface area contributed by atoms with Crippen molar-refractivity contribution in [2.45, 2.75) is 45.8 Å². The van der Waals surface area contributed by atoms with E-state index in [4.69, 9.17) is 4.74 Å². The van der Waals surface area contributed by atoms with Crippen LogP contribution in [0.25, 0.3) is 0 Å². The molecule has 0 aromatic heterocycles. The van der Waals surface area contributed by atoms with Crippen molar-refractivity contribution in [2.75, 3.05) is 6.61 Å². The molecule has 3 aromatic rings. The van der Waals surface area contributed by atoms with Crippen LogP contribution in [0.4, 0.5) is 0 Å². The highest BCUT2D eigenvalue weighted by molar-refractivity contribution is 5.88. The Bertz CT molecular complexity index is 1040. The summed E-state index contributed by atoms with van der Waals surface area (Å²) in [5.41, 5.74) is 3.00. The first kappa shape index (κ1) is 24.1. The molecule has 0 radical (unpaired) electrons. The molecular formula is C28H32N2O3. The number of hydrogen-bond donors (Lipinski definition) is 1. The van der Waals surface area contributed by atoms with Gasteiger partial charge in [-0.25, -0.2) is 0 Å². The third-order valence-electron chi connectivity index (χ3n) is 5.25. The second-order valence-electron chi connectivity index (χ2n) is 8.48. The molecule has 0 bridgehead atoms. The summed E-state index contributed by atoms with van der Waals surface area (Å²) in [5.74, 6) is 0.225. The molecule has 172 valence electrons. The van der Waals surface area contributed by atoms with Crippen molar-refractivity contribution in [1.82, 2.24) is 10.2 Å². The molecule has 0 saturated carbocycles. The van der Waals surface area contributed by atoms with Gasteiger partial charge in [0.2, 0.25) is 5.91 Å². The minimum atomic E-state index is -0.663. The zero-order chi connectivity index (χ0) is 23.6. The molecule has 5 nitrogen and oxygen atoms in total. The largest absolute Gasteiger partial charge is 0.484 e. The number of nitrogens with one attached hydrogen (secondary N) is 1. The summed E-state index contributed by atoms with van der Waals surface area (Å²) >= 11 is 0. The van der Waals surface area contributed by atoms with E-state index in [-0.39, 0.29) is 24.5 Å². The first-order valence-corrected chi connectivity index (χ1v) is 11.3. The van der Waals surface area contributed by atoms with Crippen LogP contribution < -0.4 is 10.1 Å². The molecule has 1 N–H and O–H groups in total. The van der Waals surface area contributed by atoms with Gasteiger partial charge in [-0.05, 0) is 49.6 Å². The van der Waals surface area contributed by atoms with Crippen molar-refractivity contribution in [3.63, 3.8) is 0 Å². The Balaban J connectivity index is 1.88. The van der Waals surface area contributed by atoms with Gasteiger partial charge in [-0.15, -0.1) is 0 Å². The summed E-state index contributed by atoms with van der Waals surface area (Å²) in [5, 5.41) is 2.99. The van der Waals surface area contributed by atoms with Gasteiger partial charge < -0.3 is 15.0 Å². The Morgan fingerprint density at radius 1 is 0.879 bits per heavy atom. The first-order chi connectivity index (χ1) is 15.9. The number of rotatable bonds is 10. The minimum Gasteiger partial charge on any atom is -0.484 e. The van der Waals surface area contributed by atoms with Gasteiger partial charge in [0, 0.05) is 19.0 Å². The molecule has 0 fully saturated rings. The number of amides is 2. The highest BCUT2D eigenvalue weighted by Crippen LogP contribution is 2.17. The molecule has 1 atom stereocenters. The average molecular weight is 445 g/mol. The van der Waals surface area contributed by atoms with E-state index >= 15 is 0 Å². The zero-order valence-electron chi connectivity index (χ0n) is 19.5. The molecule has 0 heterocycles. The lowest BCUT2D eigenvalue weighted by molar-refractivity contribution is -0.143. The lowest BCUT2D eigenvalue weighted by atomic mass is 10.0. The quantitative estimate of drug-likeness (QED) is 0.500.